The molecule has 0 aromatic heterocycles. The highest BCUT2D eigenvalue weighted by Gasteiger charge is 1.98. The Kier molecular flexibility index (Phi) is 3.01. The van der Waals surface area contributed by atoms with Crippen LogP contribution in [0.25, 0.3) is 0 Å². The molecule has 0 amide bonds. The molecule has 0 heterocycles. The maximum absolute atomic E-state index is 10.2. The van der Waals surface area contributed by atoms with E-state index < -0.39 is 11.1 Å². The number of hydrogen-bond acceptors (Lipinski definition) is 2. The molecule has 50 valence electrons. The number of hydrogen-bond donors (Lipinski definition) is 2. The van der Waals surface area contributed by atoms with Gasteiger partial charge in [-0.3, -0.25) is 4.79 Å². The van der Waals surface area contributed by atoms with Crippen molar-refractivity contribution in [3.8, 4) is 0 Å². The van der Waals surface area contributed by atoms with Crippen LogP contribution in [0.2, 0.25) is 0 Å². The summed E-state index contributed by atoms with van der Waals surface area (Å²) in [5.74, 6) is -1.13. The molecule has 0 saturated heterocycles. The fraction of sp³-hybridized carbons (Fsp3) is 0.200. The third kappa shape index (κ3) is 3.78. The first-order valence-electron chi connectivity index (χ1n) is 2.18. The van der Waals surface area contributed by atoms with Crippen molar-refractivity contribution in [1.29, 1.82) is 0 Å². The van der Waals surface area contributed by atoms with Gasteiger partial charge in [0.2, 0.25) is 5.12 Å². The molecule has 1 N–H and O–H groups in total. The number of carboxylic acid groups (broad SMARTS) is 1. The van der Waals surface area contributed by atoms with Crippen molar-refractivity contribution in [1.82, 2.24) is 0 Å². The zero-order valence-electron chi connectivity index (χ0n) is 4.79. The lowest BCUT2D eigenvalue weighted by Crippen LogP contribution is -1.94. The molecule has 0 aromatic rings. The van der Waals surface area contributed by atoms with E-state index in [-0.39, 0.29) is 5.57 Å². The number of carbonyl (C=O) groups is 2. The van der Waals surface area contributed by atoms with E-state index in [0.717, 1.165) is 6.08 Å². The number of aliphatic carboxylic acids is 1. The second-order valence-corrected chi connectivity index (χ2v) is 1.88. The van der Waals surface area contributed by atoms with Crippen LogP contribution in [0.5, 0.6) is 0 Å². The number of rotatable bonds is 2. The van der Waals surface area contributed by atoms with E-state index >= 15 is 0 Å². The van der Waals surface area contributed by atoms with E-state index in [9.17, 15) is 9.59 Å². The van der Waals surface area contributed by atoms with Crippen LogP contribution in [-0.4, -0.2) is 16.2 Å². The molecule has 3 nitrogen and oxygen atoms in total. The Morgan fingerprint density at radius 1 is 1.56 bits per heavy atom. The Balaban J connectivity index is 4.17. The van der Waals surface area contributed by atoms with Crippen molar-refractivity contribution in [2.75, 3.05) is 0 Å². The Labute approximate surface area is 57.8 Å². The highest BCUT2D eigenvalue weighted by atomic mass is 32.1. The van der Waals surface area contributed by atoms with Gasteiger partial charge in [-0.2, -0.15) is 0 Å². The summed E-state index contributed by atoms with van der Waals surface area (Å²) < 4.78 is 0. The average Bonchev–Trinajstić information content (AvgIpc) is 1.63. The van der Waals surface area contributed by atoms with Crippen LogP contribution < -0.4 is 0 Å². The van der Waals surface area contributed by atoms with Gasteiger partial charge in [0.1, 0.15) is 0 Å². The molecule has 0 aliphatic carbocycles. The predicted octanol–water partition coefficient (Wildman–Crippen LogP) is 0.474. The van der Waals surface area contributed by atoms with E-state index in [0.29, 0.717) is 0 Å². The number of carbonyl (C=O) groups excluding carboxylic acids is 1. The largest absolute Gasteiger partial charge is 0.478 e. The smallest absolute Gasteiger partial charge is 0.328 e. The first kappa shape index (κ1) is 8.23. The lowest BCUT2D eigenvalue weighted by Gasteiger charge is -1.86. The second kappa shape index (κ2) is 3.29. The third-order valence-corrected chi connectivity index (χ3v) is 1.03. The Hall–Kier alpha value is -0.770. The lowest BCUT2D eigenvalue weighted by molar-refractivity contribution is -0.131. The van der Waals surface area contributed by atoms with Gasteiger partial charge in [0.05, 0.1) is 0 Å². The van der Waals surface area contributed by atoms with Gasteiger partial charge in [-0.05, 0) is 6.92 Å². The molecule has 0 spiro atoms. The summed E-state index contributed by atoms with van der Waals surface area (Å²) >= 11 is 3.40. The van der Waals surface area contributed by atoms with Crippen LogP contribution in [0.4, 0.5) is 0 Å². The van der Waals surface area contributed by atoms with E-state index in [1.165, 1.54) is 6.92 Å². The first-order valence-corrected chi connectivity index (χ1v) is 2.63. The van der Waals surface area contributed by atoms with Crippen molar-refractivity contribution in [3.05, 3.63) is 11.6 Å². The highest BCUT2D eigenvalue weighted by molar-refractivity contribution is 7.97. The summed E-state index contributed by atoms with van der Waals surface area (Å²) in [6, 6.07) is 0. The van der Waals surface area contributed by atoms with E-state index in [2.05, 4.69) is 12.6 Å². The van der Waals surface area contributed by atoms with Crippen molar-refractivity contribution in [3.63, 3.8) is 0 Å². The zero-order chi connectivity index (χ0) is 7.44. The topological polar surface area (TPSA) is 54.4 Å². The SMILES string of the molecule is C/C(=C/C(=O)O)C(=O)S. The molecule has 0 aromatic carbocycles. The standard InChI is InChI=1S/C5H6O3S/c1-3(5(8)9)2-4(6)7/h2H,1H3,(H,6,7)(H,8,9)/b3-2-. The predicted molar refractivity (Wildman–Crippen MR) is 35.4 cm³/mol. The second-order valence-electron chi connectivity index (χ2n) is 1.47. The minimum Gasteiger partial charge on any atom is -0.478 e. The van der Waals surface area contributed by atoms with Gasteiger partial charge in [0.15, 0.2) is 0 Å². The molecule has 0 unspecified atom stereocenters. The van der Waals surface area contributed by atoms with Crippen LogP contribution in [-0.2, 0) is 9.59 Å². The quantitative estimate of drug-likeness (QED) is 0.440. The van der Waals surface area contributed by atoms with E-state index in [4.69, 9.17) is 5.11 Å². The van der Waals surface area contributed by atoms with Gasteiger partial charge in [0.25, 0.3) is 0 Å². The maximum Gasteiger partial charge on any atom is 0.328 e. The summed E-state index contributed by atoms with van der Waals surface area (Å²) in [6.45, 7) is 1.39. The molecule has 0 saturated carbocycles. The minimum absolute atomic E-state index is 0.130. The molecule has 0 atom stereocenters. The molecule has 0 aliphatic rings. The van der Waals surface area contributed by atoms with Gasteiger partial charge in [-0.15, -0.1) is 12.6 Å². The van der Waals surface area contributed by atoms with Crippen LogP contribution in [0.1, 0.15) is 6.92 Å². The highest BCUT2D eigenvalue weighted by Crippen LogP contribution is 1.96. The monoisotopic (exact) mass is 146 g/mol. The average molecular weight is 146 g/mol. The van der Waals surface area contributed by atoms with Crippen LogP contribution >= 0.6 is 12.6 Å². The van der Waals surface area contributed by atoms with Crippen molar-refractivity contribution in [2.45, 2.75) is 6.92 Å². The van der Waals surface area contributed by atoms with Crippen LogP contribution in [0, 0.1) is 0 Å². The molecule has 0 aliphatic heterocycles. The Bertz CT molecular complexity index is 171. The van der Waals surface area contributed by atoms with E-state index in [1.807, 2.05) is 0 Å². The first-order chi connectivity index (χ1) is 4.04. The molecule has 0 radical (unpaired) electrons. The zero-order valence-corrected chi connectivity index (χ0v) is 5.68. The molecule has 0 fully saturated rings. The normalized spacial score (nSPS) is 11.1. The summed E-state index contributed by atoms with van der Waals surface area (Å²) in [5.41, 5.74) is 0.130. The van der Waals surface area contributed by atoms with Crippen LogP contribution in [0.15, 0.2) is 11.6 Å². The fourth-order valence-corrected chi connectivity index (χ4v) is 0.312. The molecule has 4 heteroatoms. The molecule has 0 rings (SSSR count). The summed E-state index contributed by atoms with van der Waals surface area (Å²) in [7, 11) is 0. The molecule has 9 heavy (non-hydrogen) atoms. The van der Waals surface area contributed by atoms with Gasteiger partial charge in [-0.25, -0.2) is 4.79 Å². The van der Waals surface area contributed by atoms with Crippen molar-refractivity contribution in [2.24, 2.45) is 0 Å². The van der Waals surface area contributed by atoms with Gasteiger partial charge in [-0.1, -0.05) is 0 Å². The van der Waals surface area contributed by atoms with Crippen molar-refractivity contribution < 1.29 is 14.7 Å². The summed E-state index contributed by atoms with van der Waals surface area (Å²) in [5, 5.41) is 7.55. The number of thiol groups is 1. The number of carboxylic acids is 1. The Morgan fingerprint density at radius 3 is 2.11 bits per heavy atom. The van der Waals surface area contributed by atoms with Gasteiger partial charge < -0.3 is 5.11 Å². The van der Waals surface area contributed by atoms with Crippen molar-refractivity contribution >= 4 is 23.7 Å². The van der Waals surface area contributed by atoms with E-state index in [1.54, 1.807) is 0 Å². The molecular formula is C5H6O3S. The third-order valence-electron chi connectivity index (χ3n) is 0.677. The van der Waals surface area contributed by atoms with Gasteiger partial charge in [0, 0.05) is 11.6 Å². The van der Waals surface area contributed by atoms with Gasteiger partial charge >= 0.3 is 5.97 Å². The molecular weight excluding hydrogens is 140 g/mol. The minimum atomic E-state index is -1.13. The molecule has 0 bridgehead atoms. The van der Waals surface area contributed by atoms with Crippen LogP contribution in [0.3, 0.4) is 0 Å². The Morgan fingerprint density at radius 2 is 2.00 bits per heavy atom. The lowest BCUT2D eigenvalue weighted by atomic mass is 10.3. The fourth-order valence-electron chi connectivity index (χ4n) is 0.247. The maximum atomic E-state index is 10.2. The summed E-state index contributed by atoms with van der Waals surface area (Å²) in [4.78, 5) is 20.1. The summed E-state index contributed by atoms with van der Waals surface area (Å²) in [6.07, 6.45) is 0.815.